The fraction of sp³-hybridized carbons (Fsp3) is 0.364. The van der Waals surface area contributed by atoms with Gasteiger partial charge in [0.05, 0.1) is 6.61 Å². The quantitative estimate of drug-likeness (QED) is 0.769. The zero-order chi connectivity index (χ0) is 19.8. The van der Waals surface area contributed by atoms with Gasteiger partial charge in [0.25, 0.3) is 5.91 Å². The number of nitrogens with zero attached hydrogens (tertiary/aromatic N) is 1. The van der Waals surface area contributed by atoms with Crippen molar-refractivity contribution in [1.82, 2.24) is 5.32 Å². The first-order valence-electron chi connectivity index (χ1n) is 9.38. The van der Waals surface area contributed by atoms with E-state index in [0.29, 0.717) is 24.5 Å². The van der Waals surface area contributed by atoms with Crippen molar-refractivity contribution >= 4 is 17.5 Å². The van der Waals surface area contributed by atoms with Gasteiger partial charge in [0.2, 0.25) is 5.91 Å². The second-order valence-electron chi connectivity index (χ2n) is 6.57. The van der Waals surface area contributed by atoms with Crippen molar-refractivity contribution in [2.24, 2.45) is 5.92 Å². The number of amides is 2. The Balaban J connectivity index is 2.16. The van der Waals surface area contributed by atoms with Crippen LogP contribution in [-0.4, -0.2) is 31.0 Å². The second kappa shape index (κ2) is 9.76. The maximum absolute atomic E-state index is 13.1. The first-order valence-corrected chi connectivity index (χ1v) is 9.38. The molecule has 2 rings (SSSR count). The standard InChI is InChI=1S/C22H28N2O3/c1-5-24(18-10-8-7-9-11-18)22(26)20(16(3)4)23-21(25)17-12-14-19(15-13-17)27-6-2/h7-16,20H,5-6H2,1-4H3,(H,23,25). The van der Waals surface area contributed by atoms with Crippen molar-refractivity contribution in [2.75, 3.05) is 18.1 Å². The molecule has 1 atom stereocenters. The van der Waals surface area contributed by atoms with Gasteiger partial charge in [-0.3, -0.25) is 9.59 Å². The molecule has 1 unspecified atom stereocenters. The highest BCUT2D eigenvalue weighted by molar-refractivity contribution is 6.02. The fourth-order valence-electron chi connectivity index (χ4n) is 2.85. The average Bonchev–Trinajstić information content (AvgIpc) is 2.68. The molecule has 0 saturated carbocycles. The second-order valence-corrected chi connectivity index (χ2v) is 6.57. The summed E-state index contributed by atoms with van der Waals surface area (Å²) in [5.41, 5.74) is 1.32. The van der Waals surface area contributed by atoms with Gasteiger partial charge in [0.15, 0.2) is 0 Å². The van der Waals surface area contributed by atoms with Crippen molar-refractivity contribution in [2.45, 2.75) is 33.7 Å². The van der Waals surface area contributed by atoms with Crippen LogP contribution >= 0.6 is 0 Å². The van der Waals surface area contributed by atoms with E-state index in [-0.39, 0.29) is 17.7 Å². The van der Waals surface area contributed by atoms with Crippen LogP contribution in [0.3, 0.4) is 0 Å². The Hall–Kier alpha value is -2.82. The molecule has 5 heteroatoms. The lowest BCUT2D eigenvalue weighted by Crippen LogP contribution is -2.51. The van der Waals surface area contributed by atoms with E-state index in [1.54, 1.807) is 29.2 Å². The van der Waals surface area contributed by atoms with E-state index in [1.165, 1.54) is 0 Å². The van der Waals surface area contributed by atoms with Gasteiger partial charge < -0.3 is 15.0 Å². The zero-order valence-corrected chi connectivity index (χ0v) is 16.4. The number of carbonyl (C=O) groups is 2. The molecule has 144 valence electrons. The average molecular weight is 368 g/mol. The maximum Gasteiger partial charge on any atom is 0.251 e. The van der Waals surface area contributed by atoms with E-state index >= 15 is 0 Å². The van der Waals surface area contributed by atoms with E-state index in [2.05, 4.69) is 5.32 Å². The fourth-order valence-corrected chi connectivity index (χ4v) is 2.85. The minimum absolute atomic E-state index is 0.0399. The summed E-state index contributed by atoms with van der Waals surface area (Å²) < 4.78 is 5.40. The van der Waals surface area contributed by atoms with E-state index in [9.17, 15) is 9.59 Å². The third kappa shape index (κ3) is 5.33. The minimum atomic E-state index is -0.607. The smallest absolute Gasteiger partial charge is 0.251 e. The predicted molar refractivity (Wildman–Crippen MR) is 108 cm³/mol. The number of anilines is 1. The highest BCUT2D eigenvalue weighted by Gasteiger charge is 2.29. The molecule has 2 amide bonds. The summed E-state index contributed by atoms with van der Waals surface area (Å²) in [5.74, 6) is 0.292. The molecule has 0 fully saturated rings. The molecule has 1 N–H and O–H groups in total. The normalized spacial score (nSPS) is 11.7. The molecular weight excluding hydrogens is 340 g/mol. The van der Waals surface area contributed by atoms with Crippen molar-refractivity contribution in [3.05, 3.63) is 60.2 Å². The number of hydrogen-bond donors (Lipinski definition) is 1. The zero-order valence-electron chi connectivity index (χ0n) is 16.4. The summed E-state index contributed by atoms with van der Waals surface area (Å²) in [6, 6.07) is 15.8. The molecule has 0 heterocycles. The molecule has 0 spiro atoms. The van der Waals surface area contributed by atoms with Crippen LogP contribution in [-0.2, 0) is 4.79 Å². The summed E-state index contributed by atoms with van der Waals surface area (Å²) in [5, 5.41) is 2.90. The summed E-state index contributed by atoms with van der Waals surface area (Å²) in [4.78, 5) is 27.5. The summed E-state index contributed by atoms with van der Waals surface area (Å²) in [6.45, 7) is 8.80. The predicted octanol–water partition coefficient (Wildman–Crippen LogP) is 3.89. The molecule has 0 radical (unpaired) electrons. The molecule has 0 aliphatic heterocycles. The summed E-state index contributed by atoms with van der Waals surface area (Å²) >= 11 is 0. The molecular formula is C22H28N2O3. The minimum Gasteiger partial charge on any atom is -0.494 e. The number of carbonyl (C=O) groups excluding carboxylic acids is 2. The van der Waals surface area contributed by atoms with E-state index in [1.807, 2.05) is 58.0 Å². The van der Waals surface area contributed by atoms with Crippen LogP contribution in [0.25, 0.3) is 0 Å². The number of para-hydroxylation sites is 1. The third-order valence-electron chi connectivity index (χ3n) is 4.30. The Morgan fingerprint density at radius 2 is 1.63 bits per heavy atom. The number of ether oxygens (including phenoxy) is 1. The first kappa shape index (κ1) is 20.5. The van der Waals surface area contributed by atoms with Crippen LogP contribution in [0.5, 0.6) is 5.75 Å². The number of hydrogen-bond acceptors (Lipinski definition) is 3. The van der Waals surface area contributed by atoms with E-state index < -0.39 is 6.04 Å². The molecule has 2 aromatic carbocycles. The molecule has 0 aliphatic rings. The molecule has 0 aromatic heterocycles. The molecule has 2 aromatic rings. The van der Waals surface area contributed by atoms with Crippen molar-refractivity contribution in [3.8, 4) is 5.75 Å². The Morgan fingerprint density at radius 1 is 1.00 bits per heavy atom. The van der Waals surface area contributed by atoms with Gasteiger partial charge in [-0.2, -0.15) is 0 Å². The lowest BCUT2D eigenvalue weighted by molar-refractivity contribution is -0.121. The maximum atomic E-state index is 13.1. The van der Waals surface area contributed by atoms with Gasteiger partial charge in [-0.15, -0.1) is 0 Å². The largest absolute Gasteiger partial charge is 0.494 e. The summed E-state index contributed by atoms with van der Waals surface area (Å²) in [6.07, 6.45) is 0. The molecule has 5 nitrogen and oxygen atoms in total. The Morgan fingerprint density at radius 3 is 2.15 bits per heavy atom. The topological polar surface area (TPSA) is 58.6 Å². The van der Waals surface area contributed by atoms with Crippen molar-refractivity contribution in [3.63, 3.8) is 0 Å². The Kier molecular flexibility index (Phi) is 7.41. The van der Waals surface area contributed by atoms with Gasteiger partial charge in [0.1, 0.15) is 11.8 Å². The third-order valence-corrected chi connectivity index (χ3v) is 4.30. The number of rotatable bonds is 8. The van der Waals surface area contributed by atoms with Crippen LogP contribution in [0.4, 0.5) is 5.69 Å². The molecule has 27 heavy (non-hydrogen) atoms. The lowest BCUT2D eigenvalue weighted by Gasteiger charge is -2.29. The van der Waals surface area contributed by atoms with E-state index in [0.717, 1.165) is 5.69 Å². The van der Waals surface area contributed by atoms with Crippen molar-refractivity contribution in [1.29, 1.82) is 0 Å². The first-order chi connectivity index (χ1) is 13.0. The van der Waals surface area contributed by atoms with Gasteiger partial charge in [0, 0.05) is 17.8 Å². The summed E-state index contributed by atoms with van der Waals surface area (Å²) in [7, 11) is 0. The highest BCUT2D eigenvalue weighted by atomic mass is 16.5. The molecule has 0 bridgehead atoms. The van der Waals surface area contributed by atoms with Gasteiger partial charge in [-0.25, -0.2) is 0 Å². The SMILES string of the molecule is CCOc1ccc(C(=O)NC(C(=O)N(CC)c2ccccc2)C(C)C)cc1. The number of benzene rings is 2. The molecule has 0 aliphatic carbocycles. The van der Waals surface area contributed by atoms with Crippen LogP contribution in [0, 0.1) is 5.92 Å². The lowest BCUT2D eigenvalue weighted by atomic mass is 10.0. The van der Waals surface area contributed by atoms with Gasteiger partial charge in [-0.1, -0.05) is 32.0 Å². The van der Waals surface area contributed by atoms with Crippen LogP contribution in [0.15, 0.2) is 54.6 Å². The Bertz CT molecular complexity index is 742. The van der Waals surface area contributed by atoms with Crippen LogP contribution < -0.4 is 15.0 Å². The molecule has 0 saturated heterocycles. The van der Waals surface area contributed by atoms with Gasteiger partial charge >= 0.3 is 0 Å². The number of nitrogens with one attached hydrogen (secondary N) is 1. The monoisotopic (exact) mass is 368 g/mol. The van der Waals surface area contributed by atoms with Crippen LogP contribution in [0.1, 0.15) is 38.1 Å². The Labute approximate surface area is 161 Å². The van der Waals surface area contributed by atoms with Gasteiger partial charge in [-0.05, 0) is 56.2 Å². The number of likely N-dealkylation sites (N-methyl/N-ethyl adjacent to an activating group) is 1. The van der Waals surface area contributed by atoms with Crippen LogP contribution in [0.2, 0.25) is 0 Å². The van der Waals surface area contributed by atoms with E-state index in [4.69, 9.17) is 4.74 Å². The highest BCUT2D eigenvalue weighted by Crippen LogP contribution is 2.18. The van der Waals surface area contributed by atoms with Crippen molar-refractivity contribution < 1.29 is 14.3 Å².